The van der Waals surface area contributed by atoms with Gasteiger partial charge in [0, 0.05) is 12.1 Å². The number of para-hydroxylation sites is 1. The molecule has 1 aromatic heterocycles. The predicted octanol–water partition coefficient (Wildman–Crippen LogP) is -0.691. The van der Waals surface area contributed by atoms with Gasteiger partial charge < -0.3 is 15.4 Å². The van der Waals surface area contributed by atoms with Gasteiger partial charge in [-0.2, -0.15) is 0 Å². The van der Waals surface area contributed by atoms with Crippen molar-refractivity contribution in [3.05, 3.63) is 36.0 Å². The van der Waals surface area contributed by atoms with Gasteiger partial charge in [-0.15, -0.1) is 0 Å². The maximum absolute atomic E-state index is 11.2. The molecule has 0 fully saturated rings. The van der Waals surface area contributed by atoms with E-state index in [2.05, 4.69) is 9.79 Å². The zero-order valence-electron chi connectivity index (χ0n) is 7.68. The predicted molar refractivity (Wildman–Crippen MR) is 48.5 cm³/mol. The SMILES string of the molecule is N=C(N)c1c([O-])on[n+]1-c1ccccc1. The number of benzene rings is 1. The summed E-state index contributed by atoms with van der Waals surface area (Å²) in [6.45, 7) is 0. The van der Waals surface area contributed by atoms with E-state index in [1.54, 1.807) is 24.3 Å². The van der Waals surface area contributed by atoms with Crippen molar-refractivity contribution in [2.24, 2.45) is 5.73 Å². The molecule has 0 aliphatic rings. The lowest BCUT2D eigenvalue weighted by Gasteiger charge is -1.93. The Hall–Kier alpha value is -2.37. The summed E-state index contributed by atoms with van der Waals surface area (Å²) in [5.41, 5.74) is 5.81. The number of nitrogen functional groups attached to an aromatic ring is 1. The standard InChI is InChI=1S/C9H8N4O2/c10-8(11)7-9(14)15-12-13(7)6-4-2-1-3-5-6/h1-5H,(H3-,10,11,12,14). The maximum atomic E-state index is 11.2. The van der Waals surface area contributed by atoms with Crippen LogP contribution < -0.4 is 15.5 Å². The smallest absolute Gasteiger partial charge is 0.304 e. The molecule has 0 radical (unpaired) electrons. The van der Waals surface area contributed by atoms with Crippen LogP contribution in [0.1, 0.15) is 5.69 Å². The first-order valence-electron chi connectivity index (χ1n) is 4.19. The molecule has 0 saturated heterocycles. The molecule has 0 aliphatic carbocycles. The second-order valence-electron chi connectivity index (χ2n) is 2.87. The van der Waals surface area contributed by atoms with E-state index in [-0.39, 0.29) is 11.5 Å². The Morgan fingerprint density at radius 3 is 2.67 bits per heavy atom. The fourth-order valence-corrected chi connectivity index (χ4v) is 1.22. The van der Waals surface area contributed by atoms with Gasteiger partial charge in [-0.1, -0.05) is 18.2 Å². The first kappa shape index (κ1) is 9.20. The molecular weight excluding hydrogens is 196 g/mol. The van der Waals surface area contributed by atoms with Crippen molar-refractivity contribution in [1.29, 1.82) is 5.41 Å². The average Bonchev–Trinajstić information content (AvgIpc) is 2.61. The Labute approximate surface area is 85.0 Å². The largest absolute Gasteiger partial charge is 0.539 e. The second-order valence-corrected chi connectivity index (χ2v) is 2.87. The third-order valence-electron chi connectivity index (χ3n) is 1.87. The molecule has 15 heavy (non-hydrogen) atoms. The third kappa shape index (κ3) is 1.52. The number of hydrogen-bond acceptors (Lipinski definition) is 4. The van der Waals surface area contributed by atoms with Gasteiger partial charge in [0.25, 0.3) is 0 Å². The molecule has 6 nitrogen and oxygen atoms in total. The molecule has 2 aromatic rings. The van der Waals surface area contributed by atoms with E-state index in [4.69, 9.17) is 11.1 Å². The molecule has 3 N–H and O–H groups in total. The van der Waals surface area contributed by atoms with Gasteiger partial charge in [-0.05, 0) is 4.68 Å². The highest BCUT2D eigenvalue weighted by Gasteiger charge is 2.22. The normalized spacial score (nSPS) is 10.1. The average molecular weight is 204 g/mol. The maximum Gasteiger partial charge on any atom is 0.304 e. The zero-order valence-corrected chi connectivity index (χ0v) is 7.68. The highest BCUT2D eigenvalue weighted by Crippen LogP contribution is 2.08. The second kappa shape index (κ2) is 3.41. The van der Waals surface area contributed by atoms with Crippen molar-refractivity contribution in [1.82, 2.24) is 5.27 Å². The molecule has 0 atom stereocenters. The molecule has 0 spiro atoms. The minimum Gasteiger partial charge on any atom is -0.539 e. The first-order valence-corrected chi connectivity index (χ1v) is 4.19. The number of aromatic nitrogens is 2. The van der Waals surface area contributed by atoms with Crippen LogP contribution >= 0.6 is 0 Å². The lowest BCUT2D eigenvalue weighted by atomic mass is 10.3. The highest BCUT2D eigenvalue weighted by molar-refractivity contribution is 5.93. The quantitative estimate of drug-likeness (QED) is 0.384. The minimum atomic E-state index is -0.716. The van der Waals surface area contributed by atoms with Gasteiger partial charge in [-0.25, -0.2) is 0 Å². The number of nitrogens with zero attached hydrogens (tertiary/aromatic N) is 2. The van der Waals surface area contributed by atoms with Crippen LogP contribution in [0.3, 0.4) is 0 Å². The molecule has 0 aliphatic heterocycles. The van der Waals surface area contributed by atoms with Gasteiger partial charge >= 0.3 is 5.69 Å². The van der Waals surface area contributed by atoms with Crippen molar-refractivity contribution < 1.29 is 14.3 Å². The van der Waals surface area contributed by atoms with Crippen LogP contribution in [0.15, 0.2) is 34.9 Å². The molecule has 76 valence electrons. The number of nitrogens with one attached hydrogen (secondary N) is 1. The third-order valence-corrected chi connectivity index (χ3v) is 1.87. The lowest BCUT2D eigenvalue weighted by Crippen LogP contribution is -2.40. The van der Waals surface area contributed by atoms with Crippen LogP contribution in [0.2, 0.25) is 0 Å². The summed E-state index contributed by atoms with van der Waals surface area (Å²) >= 11 is 0. The molecule has 0 unspecified atom stereocenters. The molecule has 1 heterocycles. The molecular formula is C9H8N4O2. The van der Waals surface area contributed by atoms with Gasteiger partial charge in [0.05, 0.1) is 5.27 Å². The molecule has 0 amide bonds. The van der Waals surface area contributed by atoms with E-state index >= 15 is 0 Å². The van der Waals surface area contributed by atoms with E-state index in [1.807, 2.05) is 6.07 Å². The summed E-state index contributed by atoms with van der Waals surface area (Å²) in [6.07, 6.45) is 0. The molecule has 0 saturated carbocycles. The fourth-order valence-electron chi connectivity index (χ4n) is 1.22. The summed E-state index contributed by atoms with van der Waals surface area (Å²) in [7, 11) is 0. The summed E-state index contributed by atoms with van der Waals surface area (Å²) in [5.74, 6) is -1.09. The van der Waals surface area contributed by atoms with Crippen molar-refractivity contribution in [2.75, 3.05) is 0 Å². The van der Waals surface area contributed by atoms with E-state index < -0.39 is 5.95 Å². The van der Waals surface area contributed by atoms with Crippen molar-refractivity contribution >= 4 is 5.84 Å². The number of hydrogen-bond donors (Lipinski definition) is 2. The molecule has 2 rings (SSSR count). The number of nitrogens with two attached hydrogens (primary N) is 1. The van der Waals surface area contributed by atoms with Gasteiger partial charge in [0.2, 0.25) is 5.69 Å². The lowest BCUT2D eigenvalue weighted by molar-refractivity contribution is -0.671. The van der Waals surface area contributed by atoms with Crippen LogP contribution in [-0.4, -0.2) is 11.1 Å². The van der Waals surface area contributed by atoms with E-state index in [0.29, 0.717) is 5.69 Å². The Bertz CT molecular complexity index is 492. The van der Waals surface area contributed by atoms with Gasteiger partial charge in [0.1, 0.15) is 0 Å². The summed E-state index contributed by atoms with van der Waals surface area (Å²) in [6, 6.07) is 8.86. The highest BCUT2D eigenvalue weighted by atomic mass is 16.6. The van der Waals surface area contributed by atoms with E-state index in [9.17, 15) is 5.11 Å². The summed E-state index contributed by atoms with van der Waals surface area (Å²) in [5, 5.41) is 21.9. The van der Waals surface area contributed by atoms with Gasteiger partial charge in [-0.3, -0.25) is 5.41 Å². The minimum absolute atomic E-state index is 0.0683. The first-order chi connectivity index (χ1) is 7.20. The van der Waals surface area contributed by atoms with Crippen LogP contribution in [0, 0.1) is 5.41 Å². The fraction of sp³-hybridized carbons (Fsp3) is 0. The van der Waals surface area contributed by atoms with Crippen LogP contribution in [-0.2, 0) is 0 Å². The van der Waals surface area contributed by atoms with Crippen molar-refractivity contribution in [3.63, 3.8) is 0 Å². The number of rotatable bonds is 2. The number of amidine groups is 1. The summed E-state index contributed by atoms with van der Waals surface area (Å²) < 4.78 is 5.65. The topological polar surface area (TPSA) is 103 Å². The van der Waals surface area contributed by atoms with Crippen LogP contribution in [0.25, 0.3) is 5.69 Å². The summed E-state index contributed by atoms with van der Waals surface area (Å²) in [4.78, 5) is 0. The zero-order chi connectivity index (χ0) is 10.8. The molecule has 1 aromatic carbocycles. The molecule has 6 heteroatoms. The monoisotopic (exact) mass is 204 g/mol. The van der Waals surface area contributed by atoms with E-state index in [0.717, 1.165) is 0 Å². The van der Waals surface area contributed by atoms with Crippen molar-refractivity contribution in [3.8, 4) is 11.6 Å². The van der Waals surface area contributed by atoms with Crippen LogP contribution in [0.5, 0.6) is 5.95 Å². The Morgan fingerprint density at radius 2 is 2.07 bits per heavy atom. The van der Waals surface area contributed by atoms with Crippen molar-refractivity contribution in [2.45, 2.75) is 0 Å². The van der Waals surface area contributed by atoms with Crippen LogP contribution in [0.4, 0.5) is 0 Å². The Morgan fingerprint density at radius 1 is 1.40 bits per heavy atom. The van der Waals surface area contributed by atoms with E-state index in [1.165, 1.54) is 4.68 Å². The Kier molecular flexibility index (Phi) is 2.09. The van der Waals surface area contributed by atoms with Gasteiger partial charge in [0.15, 0.2) is 11.8 Å². The Balaban J connectivity index is 2.59. The molecule has 0 bridgehead atoms.